The molecule has 1 aromatic carbocycles. The molecule has 2 aromatic rings. The maximum atomic E-state index is 12.4. The first-order valence-corrected chi connectivity index (χ1v) is 4.70. The maximum Gasteiger partial charge on any atom is 0.416 e. The van der Waals surface area contributed by atoms with Gasteiger partial charge in [-0.15, -0.1) is 0 Å². The van der Waals surface area contributed by atoms with Crippen LogP contribution in [0.4, 0.5) is 13.2 Å². The van der Waals surface area contributed by atoms with Crippen molar-refractivity contribution >= 4 is 16.7 Å². The Balaban J connectivity index is 2.58. The van der Waals surface area contributed by atoms with Gasteiger partial charge in [-0.05, 0) is 24.3 Å². The second-order valence-electron chi connectivity index (χ2n) is 3.52. The monoisotopic (exact) mass is 239 g/mol. The van der Waals surface area contributed by atoms with Crippen molar-refractivity contribution in [2.24, 2.45) is 5.73 Å². The summed E-state index contributed by atoms with van der Waals surface area (Å²) in [6.45, 7) is 0. The molecule has 3 nitrogen and oxygen atoms in total. The number of hydrogen-bond acceptors (Lipinski definition) is 2. The number of halogens is 3. The molecule has 0 saturated carbocycles. The van der Waals surface area contributed by atoms with E-state index >= 15 is 0 Å². The Labute approximate surface area is 94.6 Å². The Morgan fingerprint density at radius 3 is 2.47 bits per heavy atom. The SMILES string of the molecule is N=C(N)c1ccc2cc(C(F)(F)F)ccc2n1. The van der Waals surface area contributed by atoms with Gasteiger partial charge in [-0.1, -0.05) is 6.07 Å². The van der Waals surface area contributed by atoms with Crippen molar-refractivity contribution in [1.29, 1.82) is 5.41 Å². The van der Waals surface area contributed by atoms with Crippen LogP contribution < -0.4 is 5.73 Å². The van der Waals surface area contributed by atoms with Crippen LogP contribution in [0.1, 0.15) is 11.3 Å². The van der Waals surface area contributed by atoms with E-state index in [-0.39, 0.29) is 11.5 Å². The van der Waals surface area contributed by atoms with E-state index < -0.39 is 11.7 Å². The van der Waals surface area contributed by atoms with Gasteiger partial charge in [0.2, 0.25) is 0 Å². The van der Waals surface area contributed by atoms with Crippen molar-refractivity contribution in [1.82, 2.24) is 4.98 Å². The van der Waals surface area contributed by atoms with Crippen molar-refractivity contribution < 1.29 is 13.2 Å². The van der Waals surface area contributed by atoms with Crippen LogP contribution in [0, 0.1) is 5.41 Å². The summed E-state index contributed by atoms with van der Waals surface area (Å²) in [5.41, 5.74) is 5.15. The number of fused-ring (bicyclic) bond motifs is 1. The lowest BCUT2D eigenvalue weighted by Gasteiger charge is -2.07. The van der Waals surface area contributed by atoms with Crippen molar-refractivity contribution in [3.8, 4) is 0 Å². The maximum absolute atomic E-state index is 12.4. The molecule has 0 aliphatic carbocycles. The van der Waals surface area contributed by atoms with Gasteiger partial charge < -0.3 is 5.73 Å². The first kappa shape index (κ1) is 11.4. The predicted molar refractivity (Wildman–Crippen MR) is 57.8 cm³/mol. The van der Waals surface area contributed by atoms with Gasteiger partial charge in [0, 0.05) is 5.39 Å². The molecule has 88 valence electrons. The Kier molecular flexibility index (Phi) is 2.49. The Bertz CT molecular complexity index is 590. The molecule has 0 spiro atoms. The molecule has 0 aliphatic rings. The van der Waals surface area contributed by atoms with Crippen molar-refractivity contribution in [2.75, 3.05) is 0 Å². The number of hydrogen-bond donors (Lipinski definition) is 2. The average Bonchev–Trinajstić information content (AvgIpc) is 2.26. The highest BCUT2D eigenvalue weighted by Gasteiger charge is 2.30. The number of nitrogen functional groups attached to an aromatic ring is 1. The number of rotatable bonds is 1. The summed E-state index contributed by atoms with van der Waals surface area (Å²) in [5.74, 6) is -0.216. The summed E-state index contributed by atoms with van der Waals surface area (Å²) in [5, 5.41) is 7.55. The van der Waals surface area contributed by atoms with Crippen LogP contribution >= 0.6 is 0 Å². The molecule has 6 heteroatoms. The van der Waals surface area contributed by atoms with E-state index in [0.29, 0.717) is 10.9 Å². The quantitative estimate of drug-likeness (QED) is 0.593. The number of benzene rings is 1. The highest BCUT2D eigenvalue weighted by Crippen LogP contribution is 2.30. The fourth-order valence-corrected chi connectivity index (χ4v) is 1.45. The molecule has 1 heterocycles. The zero-order valence-corrected chi connectivity index (χ0v) is 8.55. The summed E-state index contributed by atoms with van der Waals surface area (Å²) in [7, 11) is 0. The minimum absolute atomic E-state index is 0.216. The van der Waals surface area contributed by atoms with Gasteiger partial charge in [0.05, 0.1) is 11.1 Å². The van der Waals surface area contributed by atoms with Crippen LogP contribution in [0.5, 0.6) is 0 Å². The average molecular weight is 239 g/mol. The van der Waals surface area contributed by atoms with Crippen molar-refractivity contribution in [3.05, 3.63) is 41.6 Å². The molecule has 1 aromatic heterocycles. The van der Waals surface area contributed by atoms with Crippen LogP contribution in [-0.4, -0.2) is 10.8 Å². The third-order valence-electron chi connectivity index (χ3n) is 2.29. The first-order chi connectivity index (χ1) is 7.88. The van der Waals surface area contributed by atoms with E-state index in [1.165, 1.54) is 18.2 Å². The zero-order chi connectivity index (χ0) is 12.6. The zero-order valence-electron chi connectivity index (χ0n) is 8.55. The molecule has 0 atom stereocenters. The molecule has 3 N–H and O–H groups in total. The van der Waals surface area contributed by atoms with Gasteiger partial charge in [0.15, 0.2) is 0 Å². The lowest BCUT2D eigenvalue weighted by atomic mass is 10.1. The second kappa shape index (κ2) is 3.73. The van der Waals surface area contributed by atoms with E-state index in [2.05, 4.69) is 4.98 Å². The molecule has 0 fully saturated rings. The number of nitrogens with two attached hydrogens (primary N) is 1. The largest absolute Gasteiger partial charge is 0.416 e. The van der Waals surface area contributed by atoms with E-state index in [1.54, 1.807) is 0 Å². The van der Waals surface area contributed by atoms with E-state index in [9.17, 15) is 13.2 Å². The van der Waals surface area contributed by atoms with Gasteiger partial charge >= 0.3 is 6.18 Å². The lowest BCUT2D eigenvalue weighted by Crippen LogP contribution is -2.13. The molecule has 0 bridgehead atoms. The van der Waals surface area contributed by atoms with Crippen LogP contribution in [0.3, 0.4) is 0 Å². The number of amidine groups is 1. The van der Waals surface area contributed by atoms with Crippen molar-refractivity contribution in [3.63, 3.8) is 0 Å². The lowest BCUT2D eigenvalue weighted by molar-refractivity contribution is -0.137. The van der Waals surface area contributed by atoms with E-state index in [1.807, 2.05) is 0 Å². The van der Waals surface area contributed by atoms with Crippen LogP contribution in [-0.2, 0) is 6.18 Å². The number of nitrogens with one attached hydrogen (secondary N) is 1. The Morgan fingerprint density at radius 2 is 1.88 bits per heavy atom. The minimum atomic E-state index is -4.37. The van der Waals surface area contributed by atoms with Gasteiger partial charge in [0.1, 0.15) is 11.5 Å². The molecular weight excluding hydrogens is 231 g/mol. The summed E-state index contributed by atoms with van der Waals surface area (Å²) >= 11 is 0. The van der Waals surface area contributed by atoms with Gasteiger partial charge in [-0.2, -0.15) is 13.2 Å². The normalized spacial score (nSPS) is 11.7. The Morgan fingerprint density at radius 1 is 1.18 bits per heavy atom. The van der Waals surface area contributed by atoms with Crippen LogP contribution in [0.25, 0.3) is 10.9 Å². The Hall–Kier alpha value is -2.11. The summed E-state index contributed by atoms with van der Waals surface area (Å²) in [6.07, 6.45) is -4.37. The number of pyridine rings is 1. The third kappa shape index (κ3) is 2.20. The minimum Gasteiger partial charge on any atom is -0.382 e. The van der Waals surface area contributed by atoms with Gasteiger partial charge in [0.25, 0.3) is 0 Å². The fraction of sp³-hybridized carbons (Fsp3) is 0.0909. The standard InChI is InChI=1S/C11H8F3N3/c12-11(13,14)7-2-4-8-6(5-7)1-3-9(17-8)10(15)16/h1-5H,(H3,15,16). The number of aromatic nitrogens is 1. The number of nitrogens with zero attached hydrogens (tertiary/aromatic N) is 1. The summed E-state index contributed by atoms with van der Waals surface area (Å²) in [4.78, 5) is 3.98. The third-order valence-corrected chi connectivity index (χ3v) is 2.29. The molecular formula is C11H8F3N3. The van der Waals surface area contributed by atoms with Crippen LogP contribution in [0.15, 0.2) is 30.3 Å². The summed E-state index contributed by atoms with van der Waals surface area (Å²) in [6, 6.07) is 6.13. The molecule has 0 amide bonds. The van der Waals surface area contributed by atoms with E-state index in [4.69, 9.17) is 11.1 Å². The topological polar surface area (TPSA) is 62.8 Å². The second-order valence-corrected chi connectivity index (χ2v) is 3.52. The van der Waals surface area contributed by atoms with Crippen LogP contribution in [0.2, 0.25) is 0 Å². The molecule has 17 heavy (non-hydrogen) atoms. The molecule has 2 rings (SSSR count). The highest BCUT2D eigenvalue weighted by molar-refractivity contribution is 5.95. The summed E-state index contributed by atoms with van der Waals surface area (Å²) < 4.78 is 37.3. The molecule has 0 unspecified atom stereocenters. The van der Waals surface area contributed by atoms with Gasteiger partial charge in [-0.25, -0.2) is 4.98 Å². The number of alkyl halides is 3. The van der Waals surface area contributed by atoms with Gasteiger partial charge in [-0.3, -0.25) is 5.41 Å². The highest BCUT2D eigenvalue weighted by atomic mass is 19.4. The fourth-order valence-electron chi connectivity index (χ4n) is 1.45. The van der Waals surface area contributed by atoms with Crippen molar-refractivity contribution in [2.45, 2.75) is 6.18 Å². The first-order valence-electron chi connectivity index (χ1n) is 4.70. The predicted octanol–water partition coefficient (Wildman–Crippen LogP) is 2.54. The molecule has 0 aliphatic heterocycles. The smallest absolute Gasteiger partial charge is 0.382 e. The molecule has 0 saturated heterocycles. The van der Waals surface area contributed by atoms with E-state index in [0.717, 1.165) is 12.1 Å². The molecule has 0 radical (unpaired) electrons.